The Hall–Kier alpha value is -1.02. The van der Waals surface area contributed by atoms with Crippen LogP contribution in [0.2, 0.25) is 0 Å². The summed E-state index contributed by atoms with van der Waals surface area (Å²) in [5.41, 5.74) is 6.10. The molecule has 0 aliphatic heterocycles. The molecule has 0 unspecified atom stereocenters. The van der Waals surface area contributed by atoms with Gasteiger partial charge in [-0.05, 0) is 46.0 Å². The van der Waals surface area contributed by atoms with Crippen molar-refractivity contribution in [2.24, 2.45) is 5.73 Å². The highest BCUT2D eigenvalue weighted by Crippen LogP contribution is 2.07. The fourth-order valence-electron chi connectivity index (χ4n) is 1.57. The van der Waals surface area contributed by atoms with Gasteiger partial charge in [0.1, 0.15) is 4.90 Å². The van der Waals surface area contributed by atoms with E-state index in [1.54, 1.807) is 6.07 Å². The van der Waals surface area contributed by atoms with Crippen molar-refractivity contribution in [3.63, 3.8) is 0 Å². The van der Waals surface area contributed by atoms with Crippen LogP contribution >= 0.6 is 0 Å². The van der Waals surface area contributed by atoms with E-state index in [0.29, 0.717) is 24.8 Å². The lowest BCUT2D eigenvalue weighted by atomic mass is 10.3. The molecule has 0 atom stereocenters. The summed E-state index contributed by atoms with van der Waals surface area (Å²) in [6, 6.07) is 3.61. The Bertz CT molecular complexity index is 500. The molecule has 20 heavy (non-hydrogen) atoms. The number of hydrogen-bond acceptors (Lipinski definition) is 5. The molecule has 0 aliphatic carbocycles. The number of sulfonamides is 1. The summed E-state index contributed by atoms with van der Waals surface area (Å²) >= 11 is 0. The van der Waals surface area contributed by atoms with Gasteiger partial charge in [0, 0.05) is 25.3 Å². The molecule has 7 heteroatoms. The average Bonchev–Trinajstić information content (AvgIpc) is 2.43. The van der Waals surface area contributed by atoms with E-state index < -0.39 is 10.0 Å². The molecule has 1 aromatic rings. The number of nitrogens with two attached hydrogens (primary N) is 1. The maximum absolute atomic E-state index is 12.0. The van der Waals surface area contributed by atoms with Crippen LogP contribution in [0.3, 0.4) is 0 Å². The molecule has 0 amide bonds. The summed E-state index contributed by atoms with van der Waals surface area (Å²) < 4.78 is 26.6. The van der Waals surface area contributed by atoms with E-state index in [1.807, 2.05) is 7.05 Å². The molecule has 1 rings (SSSR count). The normalized spacial score (nSPS) is 12.3. The van der Waals surface area contributed by atoms with Gasteiger partial charge in [0.25, 0.3) is 0 Å². The van der Waals surface area contributed by atoms with Crippen molar-refractivity contribution < 1.29 is 8.42 Å². The van der Waals surface area contributed by atoms with Crippen LogP contribution in [-0.2, 0) is 16.6 Å². The highest BCUT2D eigenvalue weighted by molar-refractivity contribution is 7.89. The van der Waals surface area contributed by atoms with E-state index in [0.717, 1.165) is 13.0 Å². The first-order valence-corrected chi connectivity index (χ1v) is 8.20. The molecule has 114 valence electrons. The van der Waals surface area contributed by atoms with Gasteiger partial charge < -0.3 is 10.6 Å². The molecule has 6 nitrogen and oxygen atoms in total. The standard InChI is InChI=1S/C13H24N4O2S/c1-11(2)17(3)8-4-7-16-20(18,19)13-6-5-12(9-14)15-10-13/h5-6,10-11,16H,4,7-9,14H2,1-3H3. The molecule has 0 saturated carbocycles. The van der Waals surface area contributed by atoms with Crippen LogP contribution in [0.1, 0.15) is 26.0 Å². The summed E-state index contributed by atoms with van der Waals surface area (Å²) in [5.74, 6) is 0. The lowest BCUT2D eigenvalue weighted by molar-refractivity contribution is 0.271. The average molecular weight is 300 g/mol. The predicted octanol–water partition coefficient (Wildman–Crippen LogP) is 0.549. The Morgan fingerprint density at radius 2 is 2.10 bits per heavy atom. The molecule has 0 saturated heterocycles. The second-order valence-corrected chi connectivity index (χ2v) is 6.78. The molecule has 1 aromatic heterocycles. The van der Waals surface area contributed by atoms with E-state index in [9.17, 15) is 8.42 Å². The van der Waals surface area contributed by atoms with Crippen LogP contribution in [-0.4, -0.2) is 44.5 Å². The lowest BCUT2D eigenvalue weighted by Gasteiger charge is -2.20. The van der Waals surface area contributed by atoms with Gasteiger partial charge in [0.05, 0.1) is 5.69 Å². The van der Waals surface area contributed by atoms with E-state index in [-0.39, 0.29) is 4.90 Å². The van der Waals surface area contributed by atoms with Gasteiger partial charge in [0.15, 0.2) is 0 Å². The predicted molar refractivity (Wildman–Crippen MR) is 79.7 cm³/mol. The highest BCUT2D eigenvalue weighted by Gasteiger charge is 2.13. The summed E-state index contributed by atoms with van der Waals surface area (Å²) in [6.07, 6.45) is 2.10. The van der Waals surface area contributed by atoms with E-state index in [4.69, 9.17) is 5.73 Å². The molecule has 0 bridgehead atoms. The smallest absolute Gasteiger partial charge is 0.242 e. The van der Waals surface area contributed by atoms with Gasteiger partial charge >= 0.3 is 0 Å². The van der Waals surface area contributed by atoms with Crippen molar-refractivity contribution in [3.8, 4) is 0 Å². The number of hydrogen-bond donors (Lipinski definition) is 2. The summed E-state index contributed by atoms with van der Waals surface area (Å²) in [4.78, 5) is 6.34. The second-order valence-electron chi connectivity index (χ2n) is 5.02. The van der Waals surface area contributed by atoms with Gasteiger partial charge in [0.2, 0.25) is 10.0 Å². The van der Waals surface area contributed by atoms with Gasteiger partial charge in [-0.2, -0.15) is 0 Å². The largest absolute Gasteiger partial charge is 0.325 e. The second kappa shape index (κ2) is 7.68. The Kier molecular flexibility index (Phi) is 6.54. The molecule has 1 heterocycles. The number of nitrogens with zero attached hydrogens (tertiary/aromatic N) is 2. The zero-order valence-corrected chi connectivity index (χ0v) is 13.2. The Morgan fingerprint density at radius 3 is 2.60 bits per heavy atom. The maximum atomic E-state index is 12.0. The third-order valence-electron chi connectivity index (χ3n) is 3.18. The lowest BCUT2D eigenvalue weighted by Crippen LogP contribution is -2.31. The first-order valence-electron chi connectivity index (χ1n) is 6.71. The van der Waals surface area contributed by atoms with E-state index in [1.165, 1.54) is 12.3 Å². The SMILES string of the molecule is CC(C)N(C)CCCNS(=O)(=O)c1ccc(CN)nc1. The van der Waals surface area contributed by atoms with Crippen molar-refractivity contribution in [1.29, 1.82) is 0 Å². The Morgan fingerprint density at radius 1 is 1.40 bits per heavy atom. The van der Waals surface area contributed by atoms with Crippen LogP contribution in [0.4, 0.5) is 0 Å². The third kappa shape index (κ3) is 5.16. The van der Waals surface area contributed by atoms with Gasteiger partial charge in [-0.25, -0.2) is 13.1 Å². The summed E-state index contributed by atoms with van der Waals surface area (Å²) in [6.45, 7) is 5.78. The van der Waals surface area contributed by atoms with E-state index in [2.05, 4.69) is 28.5 Å². The molecule has 0 aliphatic rings. The number of aromatic nitrogens is 1. The topological polar surface area (TPSA) is 88.3 Å². The number of pyridine rings is 1. The van der Waals surface area contributed by atoms with Crippen molar-refractivity contribution in [1.82, 2.24) is 14.6 Å². The molecule has 0 spiro atoms. The van der Waals surface area contributed by atoms with Crippen molar-refractivity contribution in [2.45, 2.75) is 37.8 Å². The molecular weight excluding hydrogens is 276 g/mol. The van der Waals surface area contributed by atoms with Crippen molar-refractivity contribution in [3.05, 3.63) is 24.0 Å². The Labute approximate surface area is 121 Å². The van der Waals surface area contributed by atoms with Gasteiger partial charge in [-0.15, -0.1) is 0 Å². The highest BCUT2D eigenvalue weighted by atomic mass is 32.2. The van der Waals surface area contributed by atoms with Crippen LogP contribution < -0.4 is 10.5 Å². The van der Waals surface area contributed by atoms with Crippen LogP contribution in [0.5, 0.6) is 0 Å². The van der Waals surface area contributed by atoms with Crippen molar-refractivity contribution in [2.75, 3.05) is 20.1 Å². The fourth-order valence-corrected chi connectivity index (χ4v) is 2.59. The van der Waals surface area contributed by atoms with Crippen LogP contribution in [0.15, 0.2) is 23.2 Å². The van der Waals surface area contributed by atoms with E-state index >= 15 is 0 Å². The molecule has 0 aromatic carbocycles. The third-order valence-corrected chi connectivity index (χ3v) is 4.62. The minimum atomic E-state index is -3.48. The quantitative estimate of drug-likeness (QED) is 0.684. The van der Waals surface area contributed by atoms with Crippen LogP contribution in [0.25, 0.3) is 0 Å². The minimum Gasteiger partial charge on any atom is -0.325 e. The molecular formula is C13H24N4O2S. The van der Waals surface area contributed by atoms with Crippen LogP contribution in [0, 0.1) is 0 Å². The summed E-state index contributed by atoms with van der Waals surface area (Å²) in [7, 11) is -1.45. The zero-order valence-electron chi connectivity index (χ0n) is 12.3. The molecule has 0 fully saturated rings. The maximum Gasteiger partial charge on any atom is 0.242 e. The number of nitrogens with one attached hydrogen (secondary N) is 1. The molecule has 3 N–H and O–H groups in total. The fraction of sp³-hybridized carbons (Fsp3) is 0.615. The monoisotopic (exact) mass is 300 g/mol. The van der Waals surface area contributed by atoms with Crippen molar-refractivity contribution >= 4 is 10.0 Å². The van der Waals surface area contributed by atoms with Gasteiger partial charge in [-0.1, -0.05) is 0 Å². The Balaban J connectivity index is 2.49. The molecule has 0 radical (unpaired) electrons. The first kappa shape index (κ1) is 17.0. The van der Waals surface area contributed by atoms with Gasteiger partial charge in [-0.3, -0.25) is 4.98 Å². The number of rotatable bonds is 8. The minimum absolute atomic E-state index is 0.173. The summed E-state index contributed by atoms with van der Waals surface area (Å²) in [5, 5.41) is 0. The first-order chi connectivity index (χ1) is 9.36. The zero-order chi connectivity index (χ0) is 15.2.